The highest BCUT2D eigenvalue weighted by Crippen LogP contribution is 2.35. The summed E-state index contributed by atoms with van der Waals surface area (Å²) in [6.07, 6.45) is -2.50. The number of nitrogens with zero attached hydrogens (tertiary/aromatic N) is 1. The van der Waals surface area contributed by atoms with Crippen molar-refractivity contribution in [3.05, 3.63) is 138 Å². The first-order valence-electron chi connectivity index (χ1n) is 13.9. The number of anilines is 1. The van der Waals surface area contributed by atoms with E-state index in [2.05, 4.69) is 21.0 Å². The summed E-state index contributed by atoms with van der Waals surface area (Å²) in [5.41, 5.74) is 9.09. The third-order valence-corrected chi connectivity index (χ3v) is 6.78. The molecule has 0 amide bonds. The summed E-state index contributed by atoms with van der Waals surface area (Å²) >= 11 is 0. The maximum absolute atomic E-state index is 13.2. The van der Waals surface area contributed by atoms with Crippen LogP contribution in [-0.4, -0.2) is 21.6 Å². The van der Waals surface area contributed by atoms with Gasteiger partial charge in [-0.25, -0.2) is 4.39 Å². The van der Waals surface area contributed by atoms with E-state index in [-0.39, 0.29) is 23.0 Å². The predicted molar refractivity (Wildman–Crippen MR) is 168 cm³/mol. The van der Waals surface area contributed by atoms with E-state index in [1.165, 1.54) is 29.7 Å². The lowest BCUT2D eigenvalue weighted by Gasteiger charge is -2.12. The number of rotatable bonds is 4. The van der Waals surface area contributed by atoms with E-state index in [0.717, 1.165) is 34.1 Å². The number of H-pyrrole nitrogens is 2. The van der Waals surface area contributed by atoms with Crippen molar-refractivity contribution in [3.63, 3.8) is 0 Å². The Kier molecular flexibility index (Phi) is 9.14. The lowest BCUT2D eigenvalue weighted by atomic mass is 10.0. The lowest BCUT2D eigenvalue weighted by molar-refractivity contribution is -0.136. The molecule has 7 rings (SSSR count). The number of para-hydroxylation sites is 3. The summed E-state index contributed by atoms with van der Waals surface area (Å²) in [5, 5.41) is 2.36. The monoisotopic (exact) mass is 598 g/mol. The number of nitrogens with two attached hydrogens (primary N) is 1. The molecule has 9 heteroatoms. The van der Waals surface area contributed by atoms with Crippen molar-refractivity contribution in [3.8, 4) is 5.88 Å². The van der Waals surface area contributed by atoms with Gasteiger partial charge in [-0.15, -0.1) is 0 Å². The van der Waals surface area contributed by atoms with Gasteiger partial charge >= 0.3 is 6.18 Å². The maximum Gasteiger partial charge on any atom is 0.417 e. The highest BCUT2D eigenvalue weighted by molar-refractivity contribution is 5.90. The molecule has 4 N–H and O–H groups in total. The SMILES string of the molecule is CCOc1cc2ccccc2[nH]1.Fc1cccc(Cc2cc(C(F)(F)F)c3ccccc3n2)c1.Nc1c[nH]c2ccccc12. The van der Waals surface area contributed by atoms with Crippen LogP contribution in [0.2, 0.25) is 0 Å². The number of nitrogens with one attached hydrogen (secondary N) is 2. The number of benzene rings is 4. The zero-order valence-electron chi connectivity index (χ0n) is 23.8. The number of halogens is 4. The highest BCUT2D eigenvalue weighted by Gasteiger charge is 2.33. The molecule has 0 fully saturated rings. The number of aromatic nitrogens is 3. The molecule has 0 radical (unpaired) electrons. The van der Waals surface area contributed by atoms with Crippen LogP contribution in [0.1, 0.15) is 23.7 Å². The van der Waals surface area contributed by atoms with Gasteiger partial charge in [0.25, 0.3) is 0 Å². The Morgan fingerprint density at radius 3 is 2.20 bits per heavy atom. The molecular formula is C35H30F4N4O. The Balaban J connectivity index is 0.000000146. The van der Waals surface area contributed by atoms with Crippen LogP contribution in [0.4, 0.5) is 23.2 Å². The zero-order valence-corrected chi connectivity index (χ0v) is 23.8. The van der Waals surface area contributed by atoms with Crippen molar-refractivity contribution in [1.82, 2.24) is 15.0 Å². The number of hydrogen-bond donors (Lipinski definition) is 3. The normalized spacial score (nSPS) is 11.1. The maximum atomic E-state index is 13.2. The van der Waals surface area contributed by atoms with Crippen molar-refractivity contribution < 1.29 is 22.3 Å². The van der Waals surface area contributed by atoms with Crippen molar-refractivity contribution in [1.29, 1.82) is 0 Å². The van der Waals surface area contributed by atoms with Gasteiger partial charge in [-0.3, -0.25) is 4.98 Å². The summed E-state index contributed by atoms with van der Waals surface area (Å²) in [6.45, 7) is 2.68. The molecule has 0 aliphatic rings. The van der Waals surface area contributed by atoms with E-state index < -0.39 is 17.6 Å². The molecule has 0 saturated heterocycles. The minimum absolute atomic E-state index is 0.0676. The molecule has 4 aromatic carbocycles. The molecular weight excluding hydrogens is 568 g/mol. The van der Waals surface area contributed by atoms with Crippen LogP contribution in [0, 0.1) is 5.82 Å². The minimum atomic E-state index is -4.46. The molecule has 0 unspecified atom stereocenters. The second-order valence-electron chi connectivity index (χ2n) is 9.93. The topological polar surface area (TPSA) is 79.7 Å². The number of hydrogen-bond acceptors (Lipinski definition) is 3. The smallest absolute Gasteiger partial charge is 0.417 e. The van der Waals surface area contributed by atoms with Crippen molar-refractivity contribution in [2.24, 2.45) is 0 Å². The van der Waals surface area contributed by atoms with Crippen molar-refractivity contribution >= 4 is 38.4 Å². The first-order valence-corrected chi connectivity index (χ1v) is 13.9. The van der Waals surface area contributed by atoms with Gasteiger partial charge in [-0.05, 0) is 48.9 Å². The standard InChI is InChI=1S/C17H11F4N.C10H11NO.C8H8N2/c18-12-5-3-4-11(8-12)9-13-10-15(17(19,20)21)14-6-1-2-7-16(14)22-13;1-2-12-10-7-8-5-3-4-6-9(8)11-10;9-7-5-10-8-4-2-1-3-6(7)8/h1-8,10H,9H2;3-7,11H,2H2,1H3;1-5,10H,9H2. The fourth-order valence-corrected chi connectivity index (χ4v) is 4.79. The summed E-state index contributed by atoms with van der Waals surface area (Å²) in [4.78, 5) is 10.5. The Bertz CT molecular complexity index is 1960. The van der Waals surface area contributed by atoms with Crippen LogP contribution >= 0.6 is 0 Å². The molecule has 0 spiro atoms. The van der Waals surface area contributed by atoms with E-state index in [4.69, 9.17) is 10.5 Å². The second kappa shape index (κ2) is 13.3. The average molecular weight is 599 g/mol. The molecule has 3 heterocycles. The van der Waals surface area contributed by atoms with E-state index in [1.54, 1.807) is 24.3 Å². The first-order chi connectivity index (χ1) is 21.2. The van der Waals surface area contributed by atoms with Crippen LogP contribution in [0.25, 0.3) is 32.7 Å². The van der Waals surface area contributed by atoms with Gasteiger partial charge in [0.05, 0.1) is 23.4 Å². The number of pyridine rings is 1. The zero-order chi connectivity index (χ0) is 31.1. The second-order valence-corrected chi connectivity index (χ2v) is 9.93. The van der Waals surface area contributed by atoms with Crippen LogP contribution in [-0.2, 0) is 12.6 Å². The van der Waals surface area contributed by atoms with Crippen LogP contribution < -0.4 is 10.5 Å². The molecule has 0 saturated carbocycles. The molecule has 0 bridgehead atoms. The van der Waals surface area contributed by atoms with E-state index in [1.807, 2.05) is 61.7 Å². The van der Waals surface area contributed by atoms with Gasteiger partial charge in [-0.1, -0.05) is 66.7 Å². The summed E-state index contributed by atoms with van der Waals surface area (Å²) in [7, 11) is 0. The molecule has 0 aliphatic carbocycles. The number of aromatic amines is 2. The van der Waals surface area contributed by atoms with E-state index >= 15 is 0 Å². The third-order valence-electron chi connectivity index (χ3n) is 6.78. The average Bonchev–Trinajstić information content (AvgIpc) is 3.60. The Labute approximate surface area is 251 Å². The summed E-state index contributed by atoms with van der Waals surface area (Å²) in [5.74, 6) is 0.424. The Morgan fingerprint density at radius 1 is 0.795 bits per heavy atom. The van der Waals surface area contributed by atoms with Gasteiger partial charge in [0, 0.05) is 51.6 Å². The molecule has 5 nitrogen and oxygen atoms in total. The van der Waals surface area contributed by atoms with Gasteiger partial charge in [0.2, 0.25) is 0 Å². The van der Waals surface area contributed by atoms with Crippen LogP contribution in [0.15, 0.2) is 115 Å². The first kappa shape index (κ1) is 30.2. The molecule has 0 aliphatic heterocycles. The quantitative estimate of drug-likeness (QED) is 0.177. The van der Waals surface area contributed by atoms with E-state index in [9.17, 15) is 17.6 Å². The summed E-state index contributed by atoms with van der Waals surface area (Å²) in [6, 6.07) is 31.0. The summed E-state index contributed by atoms with van der Waals surface area (Å²) < 4.78 is 58.2. The minimum Gasteiger partial charge on any atom is -0.479 e. The largest absolute Gasteiger partial charge is 0.479 e. The van der Waals surface area contributed by atoms with Crippen molar-refractivity contribution in [2.45, 2.75) is 19.5 Å². The highest BCUT2D eigenvalue weighted by atomic mass is 19.4. The van der Waals surface area contributed by atoms with Gasteiger partial charge in [0.1, 0.15) is 5.82 Å². The predicted octanol–water partition coefficient (Wildman–Crippen LogP) is 9.30. The molecule has 3 aromatic heterocycles. The number of fused-ring (bicyclic) bond motifs is 3. The van der Waals surface area contributed by atoms with Crippen molar-refractivity contribution in [2.75, 3.05) is 12.3 Å². The fourth-order valence-electron chi connectivity index (χ4n) is 4.79. The van der Waals surface area contributed by atoms with Crippen LogP contribution in [0.3, 0.4) is 0 Å². The molecule has 44 heavy (non-hydrogen) atoms. The number of ether oxygens (including phenoxy) is 1. The molecule has 224 valence electrons. The molecule has 0 atom stereocenters. The lowest BCUT2D eigenvalue weighted by Crippen LogP contribution is -2.08. The van der Waals surface area contributed by atoms with Gasteiger partial charge in [-0.2, -0.15) is 13.2 Å². The fraction of sp³-hybridized carbons (Fsp3) is 0.114. The number of alkyl halides is 3. The molecule has 7 aromatic rings. The van der Waals surface area contributed by atoms with Crippen LogP contribution in [0.5, 0.6) is 5.88 Å². The van der Waals surface area contributed by atoms with Gasteiger partial charge in [0.15, 0.2) is 5.88 Å². The Morgan fingerprint density at radius 2 is 1.50 bits per heavy atom. The van der Waals surface area contributed by atoms with E-state index in [0.29, 0.717) is 12.2 Å². The Hall–Kier alpha value is -5.31. The third kappa shape index (κ3) is 7.36. The van der Waals surface area contributed by atoms with Gasteiger partial charge < -0.3 is 20.4 Å². The number of nitrogen functional groups attached to an aromatic ring is 1.